The van der Waals surface area contributed by atoms with E-state index >= 15 is 0 Å². The first-order chi connectivity index (χ1) is 12.9. The van der Waals surface area contributed by atoms with Gasteiger partial charge in [0.25, 0.3) is 0 Å². The van der Waals surface area contributed by atoms with E-state index in [1.165, 1.54) is 11.3 Å². The first-order valence-electron chi connectivity index (χ1n) is 10.1. The van der Waals surface area contributed by atoms with E-state index in [9.17, 15) is 4.79 Å². The number of guanidine groups is 1. The average molecular weight is 504 g/mol. The molecule has 0 spiro atoms. The summed E-state index contributed by atoms with van der Waals surface area (Å²) >= 11 is 0. The number of hydrogen-bond acceptors (Lipinski definition) is 3. The highest BCUT2D eigenvalue weighted by molar-refractivity contribution is 14.0. The summed E-state index contributed by atoms with van der Waals surface area (Å²) in [6.45, 7) is 5.60. The molecule has 2 N–H and O–H groups in total. The number of carbonyl (C=O) groups excluding carboxylic acids is 1. The van der Waals surface area contributed by atoms with Crippen molar-refractivity contribution in [1.29, 1.82) is 0 Å². The standard InChI is InChI=1S/C20H36N6O.HI/c1-7-16-15(17(8-2)26(6)24-16)13-22-19(21-3)23-14-20(11-9-10-12-20)18(27)25(4)5;/h7-14H2,1-6H3,(H2,21,22,23);1H. The lowest BCUT2D eigenvalue weighted by Crippen LogP contribution is -2.49. The minimum absolute atomic E-state index is 0. The molecule has 0 radical (unpaired) electrons. The maximum Gasteiger partial charge on any atom is 0.230 e. The zero-order chi connectivity index (χ0) is 20.0. The van der Waals surface area contributed by atoms with Gasteiger partial charge in [0.15, 0.2) is 5.96 Å². The van der Waals surface area contributed by atoms with Crippen LogP contribution in [0.4, 0.5) is 0 Å². The number of nitrogens with one attached hydrogen (secondary N) is 2. The second-order valence-corrected chi connectivity index (χ2v) is 7.67. The topological polar surface area (TPSA) is 74.5 Å². The molecule has 1 aliphatic rings. The van der Waals surface area contributed by atoms with Crippen molar-refractivity contribution >= 4 is 35.8 Å². The van der Waals surface area contributed by atoms with Crippen molar-refractivity contribution in [2.75, 3.05) is 27.7 Å². The predicted molar refractivity (Wildman–Crippen MR) is 125 cm³/mol. The lowest BCUT2D eigenvalue weighted by atomic mass is 9.84. The summed E-state index contributed by atoms with van der Waals surface area (Å²) in [5.41, 5.74) is 3.33. The van der Waals surface area contributed by atoms with Crippen LogP contribution in [0.2, 0.25) is 0 Å². The lowest BCUT2D eigenvalue weighted by molar-refractivity contribution is -0.138. The number of aromatic nitrogens is 2. The van der Waals surface area contributed by atoms with Crippen LogP contribution in [-0.4, -0.2) is 54.2 Å². The third-order valence-electron chi connectivity index (χ3n) is 5.70. The molecule has 1 aromatic rings. The van der Waals surface area contributed by atoms with Crippen molar-refractivity contribution in [2.24, 2.45) is 17.5 Å². The molecule has 0 unspecified atom stereocenters. The largest absolute Gasteiger partial charge is 0.355 e. The molecule has 0 aromatic carbocycles. The van der Waals surface area contributed by atoms with Crippen molar-refractivity contribution in [1.82, 2.24) is 25.3 Å². The minimum Gasteiger partial charge on any atom is -0.355 e. The van der Waals surface area contributed by atoms with Crippen LogP contribution in [0, 0.1) is 5.41 Å². The molecule has 28 heavy (non-hydrogen) atoms. The van der Waals surface area contributed by atoms with Crippen LogP contribution in [0.15, 0.2) is 4.99 Å². The number of nitrogens with zero attached hydrogens (tertiary/aromatic N) is 4. The molecule has 1 heterocycles. The Morgan fingerprint density at radius 3 is 2.36 bits per heavy atom. The molecule has 7 nitrogen and oxygen atoms in total. The number of aliphatic imine (C=N–C) groups is 1. The highest BCUT2D eigenvalue weighted by Crippen LogP contribution is 2.38. The molecule has 0 saturated heterocycles. The van der Waals surface area contributed by atoms with Crippen LogP contribution in [-0.2, 0) is 31.2 Å². The van der Waals surface area contributed by atoms with E-state index in [-0.39, 0.29) is 35.3 Å². The van der Waals surface area contributed by atoms with Gasteiger partial charge in [0.1, 0.15) is 0 Å². The fraction of sp³-hybridized carbons (Fsp3) is 0.750. The van der Waals surface area contributed by atoms with Crippen molar-refractivity contribution in [3.05, 3.63) is 17.0 Å². The predicted octanol–water partition coefficient (Wildman–Crippen LogP) is 2.48. The zero-order valence-corrected chi connectivity index (χ0v) is 20.6. The van der Waals surface area contributed by atoms with Crippen LogP contribution in [0.25, 0.3) is 0 Å². The number of aryl methyl sites for hydroxylation is 2. The second kappa shape index (κ2) is 11.0. The van der Waals surface area contributed by atoms with E-state index in [4.69, 9.17) is 0 Å². The van der Waals surface area contributed by atoms with Crippen LogP contribution in [0.1, 0.15) is 56.5 Å². The lowest BCUT2D eigenvalue weighted by Gasteiger charge is -2.31. The van der Waals surface area contributed by atoms with Gasteiger partial charge in [0.2, 0.25) is 5.91 Å². The van der Waals surface area contributed by atoms with Gasteiger partial charge in [-0.15, -0.1) is 24.0 Å². The fourth-order valence-corrected chi connectivity index (χ4v) is 4.23. The van der Waals surface area contributed by atoms with Crippen molar-refractivity contribution in [3.63, 3.8) is 0 Å². The summed E-state index contributed by atoms with van der Waals surface area (Å²) in [6.07, 6.45) is 5.98. The summed E-state index contributed by atoms with van der Waals surface area (Å²) in [5, 5.41) is 11.5. The molecular formula is C20H37IN6O. The van der Waals surface area contributed by atoms with E-state index in [1.807, 2.05) is 25.8 Å². The Bertz CT molecular complexity index is 676. The van der Waals surface area contributed by atoms with E-state index < -0.39 is 0 Å². The van der Waals surface area contributed by atoms with Crippen molar-refractivity contribution in [2.45, 2.75) is 58.9 Å². The number of hydrogen-bond donors (Lipinski definition) is 2. The molecule has 1 saturated carbocycles. The Hall–Kier alpha value is -1.32. The van der Waals surface area contributed by atoms with Gasteiger partial charge < -0.3 is 15.5 Å². The molecular weight excluding hydrogens is 467 g/mol. The van der Waals surface area contributed by atoms with Gasteiger partial charge >= 0.3 is 0 Å². The van der Waals surface area contributed by atoms with Crippen LogP contribution < -0.4 is 10.6 Å². The van der Waals surface area contributed by atoms with Gasteiger partial charge in [0.05, 0.1) is 11.1 Å². The van der Waals surface area contributed by atoms with Crippen LogP contribution in [0.5, 0.6) is 0 Å². The van der Waals surface area contributed by atoms with E-state index in [0.717, 1.165) is 50.2 Å². The Morgan fingerprint density at radius 1 is 1.21 bits per heavy atom. The summed E-state index contributed by atoms with van der Waals surface area (Å²) in [4.78, 5) is 18.8. The Morgan fingerprint density at radius 2 is 1.86 bits per heavy atom. The molecule has 0 bridgehead atoms. The van der Waals surface area contributed by atoms with Gasteiger partial charge in [0, 0.05) is 52.5 Å². The number of amides is 1. The van der Waals surface area contributed by atoms with Gasteiger partial charge in [-0.25, -0.2) is 0 Å². The smallest absolute Gasteiger partial charge is 0.230 e. The highest BCUT2D eigenvalue weighted by Gasteiger charge is 2.42. The van der Waals surface area contributed by atoms with Gasteiger partial charge in [-0.3, -0.25) is 14.5 Å². The fourth-order valence-electron chi connectivity index (χ4n) is 4.23. The summed E-state index contributed by atoms with van der Waals surface area (Å²) < 4.78 is 1.98. The van der Waals surface area contributed by atoms with E-state index in [1.54, 1.807) is 11.9 Å². The molecule has 8 heteroatoms. The van der Waals surface area contributed by atoms with Crippen molar-refractivity contribution < 1.29 is 4.79 Å². The summed E-state index contributed by atoms with van der Waals surface area (Å²) in [6, 6.07) is 0. The van der Waals surface area contributed by atoms with Crippen molar-refractivity contribution in [3.8, 4) is 0 Å². The average Bonchev–Trinajstić information content (AvgIpc) is 3.25. The van der Waals surface area contributed by atoms with Crippen LogP contribution in [0.3, 0.4) is 0 Å². The Kier molecular flexibility index (Phi) is 9.73. The van der Waals surface area contributed by atoms with Gasteiger partial charge in [-0.1, -0.05) is 26.7 Å². The third kappa shape index (κ3) is 5.39. The first kappa shape index (κ1) is 24.7. The van der Waals surface area contributed by atoms with Gasteiger partial charge in [-0.2, -0.15) is 5.10 Å². The zero-order valence-electron chi connectivity index (χ0n) is 18.3. The maximum absolute atomic E-state index is 12.7. The molecule has 0 aliphatic heterocycles. The highest BCUT2D eigenvalue weighted by atomic mass is 127. The quantitative estimate of drug-likeness (QED) is 0.340. The normalized spacial score (nSPS) is 15.9. The van der Waals surface area contributed by atoms with Gasteiger partial charge in [-0.05, 0) is 25.7 Å². The minimum atomic E-state index is -0.307. The summed E-state index contributed by atoms with van der Waals surface area (Å²) in [5.74, 6) is 0.956. The SMILES string of the molecule is CCc1nn(C)c(CC)c1CNC(=NC)NCC1(C(=O)N(C)C)CCCC1.I. The molecule has 2 rings (SSSR count). The number of halogens is 1. The maximum atomic E-state index is 12.7. The van der Waals surface area contributed by atoms with E-state index in [0.29, 0.717) is 13.1 Å². The monoisotopic (exact) mass is 504 g/mol. The molecule has 0 atom stereocenters. The third-order valence-corrected chi connectivity index (χ3v) is 5.70. The number of rotatable bonds is 7. The van der Waals surface area contributed by atoms with E-state index in [2.05, 4.69) is 34.6 Å². The molecule has 160 valence electrons. The number of carbonyl (C=O) groups is 1. The first-order valence-corrected chi connectivity index (χ1v) is 10.1. The molecule has 1 aromatic heterocycles. The van der Waals surface area contributed by atoms with Crippen LogP contribution >= 0.6 is 24.0 Å². The summed E-state index contributed by atoms with van der Waals surface area (Å²) in [7, 11) is 7.47. The molecule has 1 fully saturated rings. The molecule has 1 aliphatic carbocycles. The molecule has 1 amide bonds. The Labute approximate surface area is 186 Å². The Balaban J connectivity index is 0.00000392. The second-order valence-electron chi connectivity index (χ2n) is 7.67.